The zero-order chi connectivity index (χ0) is 12.8. The van der Waals surface area contributed by atoms with E-state index in [-0.39, 0.29) is 6.04 Å². The molecule has 0 aliphatic heterocycles. The molecule has 94 valence electrons. The Hall–Kier alpha value is -1.62. The predicted octanol–water partition coefficient (Wildman–Crippen LogP) is 1.60. The highest BCUT2D eigenvalue weighted by molar-refractivity contribution is 5.75. The van der Waals surface area contributed by atoms with Crippen molar-refractivity contribution in [3.8, 4) is 5.88 Å². The van der Waals surface area contributed by atoms with Gasteiger partial charge in [-0.25, -0.2) is 4.98 Å². The molecule has 1 aromatic heterocycles. The molecule has 0 saturated carbocycles. The maximum Gasteiger partial charge on any atom is 0.325 e. The van der Waals surface area contributed by atoms with Gasteiger partial charge in [-0.1, -0.05) is 6.92 Å². The summed E-state index contributed by atoms with van der Waals surface area (Å²) in [6.07, 6.45) is 2.39. The summed E-state index contributed by atoms with van der Waals surface area (Å²) < 4.78 is 4.93. The maximum absolute atomic E-state index is 11.2. The standard InChI is InChI=1S/C12H18N2O3/c1-4-8(2)14-11(12(15)16)9-5-6-10(17-3)13-7-9/h5-8,11,14H,4H2,1-3H3,(H,15,16). The van der Waals surface area contributed by atoms with E-state index in [1.165, 1.54) is 13.3 Å². The van der Waals surface area contributed by atoms with Crippen LogP contribution in [0.4, 0.5) is 0 Å². The average Bonchev–Trinajstić information content (AvgIpc) is 2.35. The molecule has 5 heteroatoms. The van der Waals surface area contributed by atoms with Crippen LogP contribution in [0.2, 0.25) is 0 Å². The fourth-order valence-electron chi connectivity index (χ4n) is 1.40. The Morgan fingerprint density at radius 3 is 2.71 bits per heavy atom. The summed E-state index contributed by atoms with van der Waals surface area (Å²) in [6.45, 7) is 3.95. The van der Waals surface area contributed by atoms with E-state index in [0.29, 0.717) is 11.4 Å². The topological polar surface area (TPSA) is 71.5 Å². The summed E-state index contributed by atoms with van der Waals surface area (Å²) in [5.74, 6) is -0.432. The van der Waals surface area contributed by atoms with Crippen molar-refractivity contribution in [1.82, 2.24) is 10.3 Å². The molecule has 2 atom stereocenters. The molecule has 0 fully saturated rings. The molecule has 0 aromatic carbocycles. The summed E-state index contributed by atoms with van der Waals surface area (Å²) in [5.41, 5.74) is 0.624. The number of rotatable bonds is 6. The molecule has 2 N–H and O–H groups in total. The third-order valence-corrected chi connectivity index (χ3v) is 2.61. The molecule has 0 aliphatic rings. The van der Waals surface area contributed by atoms with Crippen LogP contribution in [0.5, 0.6) is 5.88 Å². The van der Waals surface area contributed by atoms with Crippen LogP contribution >= 0.6 is 0 Å². The van der Waals surface area contributed by atoms with Crippen LogP contribution in [0, 0.1) is 0 Å². The molecule has 0 bridgehead atoms. The van der Waals surface area contributed by atoms with Crippen molar-refractivity contribution < 1.29 is 14.6 Å². The van der Waals surface area contributed by atoms with Gasteiger partial charge in [0.2, 0.25) is 5.88 Å². The van der Waals surface area contributed by atoms with Gasteiger partial charge in [0.25, 0.3) is 0 Å². The van der Waals surface area contributed by atoms with Crippen LogP contribution in [0.15, 0.2) is 18.3 Å². The monoisotopic (exact) mass is 238 g/mol. The van der Waals surface area contributed by atoms with Gasteiger partial charge in [-0.3, -0.25) is 10.1 Å². The number of carboxylic acids is 1. The van der Waals surface area contributed by atoms with Gasteiger partial charge < -0.3 is 9.84 Å². The van der Waals surface area contributed by atoms with Crippen LogP contribution in [-0.2, 0) is 4.79 Å². The number of hydrogen-bond acceptors (Lipinski definition) is 4. The van der Waals surface area contributed by atoms with Gasteiger partial charge in [0.15, 0.2) is 0 Å². The van der Waals surface area contributed by atoms with Crippen molar-refractivity contribution in [3.63, 3.8) is 0 Å². The molecule has 0 radical (unpaired) electrons. The van der Waals surface area contributed by atoms with Crippen LogP contribution < -0.4 is 10.1 Å². The quantitative estimate of drug-likeness (QED) is 0.787. The summed E-state index contributed by atoms with van der Waals surface area (Å²) in [6, 6.07) is 2.77. The third kappa shape index (κ3) is 3.71. The lowest BCUT2D eigenvalue weighted by molar-refractivity contribution is -0.139. The lowest BCUT2D eigenvalue weighted by Gasteiger charge is -2.19. The minimum absolute atomic E-state index is 0.137. The number of carbonyl (C=O) groups is 1. The second-order valence-electron chi connectivity index (χ2n) is 3.88. The normalized spacial score (nSPS) is 14.1. The molecule has 17 heavy (non-hydrogen) atoms. The van der Waals surface area contributed by atoms with Gasteiger partial charge in [-0.05, 0) is 25.0 Å². The highest BCUT2D eigenvalue weighted by atomic mass is 16.5. The van der Waals surface area contributed by atoms with Gasteiger partial charge >= 0.3 is 5.97 Å². The molecule has 0 spiro atoms. The predicted molar refractivity (Wildman–Crippen MR) is 64.1 cm³/mol. The highest BCUT2D eigenvalue weighted by Crippen LogP contribution is 2.16. The molecule has 0 amide bonds. The lowest BCUT2D eigenvalue weighted by atomic mass is 10.1. The number of hydrogen-bond donors (Lipinski definition) is 2. The van der Waals surface area contributed by atoms with E-state index in [1.807, 2.05) is 13.8 Å². The average molecular weight is 238 g/mol. The van der Waals surface area contributed by atoms with Gasteiger partial charge in [0.1, 0.15) is 6.04 Å². The summed E-state index contributed by atoms with van der Waals surface area (Å²) >= 11 is 0. The summed E-state index contributed by atoms with van der Waals surface area (Å²) in [4.78, 5) is 15.2. The van der Waals surface area contributed by atoms with Crippen molar-refractivity contribution in [1.29, 1.82) is 0 Å². The van der Waals surface area contributed by atoms with Crippen LogP contribution in [0.25, 0.3) is 0 Å². The fourth-order valence-corrected chi connectivity index (χ4v) is 1.40. The Morgan fingerprint density at radius 1 is 1.59 bits per heavy atom. The Kier molecular flexibility index (Phi) is 4.90. The third-order valence-electron chi connectivity index (χ3n) is 2.61. The van der Waals surface area contributed by atoms with Crippen molar-refractivity contribution in [2.75, 3.05) is 7.11 Å². The number of aromatic nitrogens is 1. The Labute approximate surface area is 101 Å². The first-order valence-corrected chi connectivity index (χ1v) is 5.57. The van der Waals surface area contributed by atoms with E-state index in [9.17, 15) is 9.90 Å². The van der Waals surface area contributed by atoms with Gasteiger partial charge in [0.05, 0.1) is 7.11 Å². The number of ether oxygens (including phenoxy) is 1. The molecule has 0 saturated heterocycles. The Bertz CT molecular complexity index is 365. The zero-order valence-electron chi connectivity index (χ0n) is 10.3. The van der Waals surface area contributed by atoms with Crippen molar-refractivity contribution in [2.45, 2.75) is 32.4 Å². The first kappa shape index (κ1) is 13.4. The van der Waals surface area contributed by atoms with Crippen LogP contribution in [0.1, 0.15) is 31.9 Å². The Morgan fingerprint density at radius 2 is 2.29 bits per heavy atom. The second-order valence-corrected chi connectivity index (χ2v) is 3.88. The number of nitrogens with one attached hydrogen (secondary N) is 1. The smallest absolute Gasteiger partial charge is 0.325 e. The number of methoxy groups -OCH3 is 1. The minimum atomic E-state index is -0.905. The molecule has 5 nitrogen and oxygen atoms in total. The Balaban J connectivity index is 2.85. The molecular formula is C12H18N2O3. The van der Waals surface area contributed by atoms with E-state index in [0.717, 1.165) is 6.42 Å². The number of carboxylic acid groups (broad SMARTS) is 1. The molecule has 0 aliphatic carbocycles. The van der Waals surface area contributed by atoms with Crippen molar-refractivity contribution in [3.05, 3.63) is 23.9 Å². The van der Waals surface area contributed by atoms with Crippen molar-refractivity contribution in [2.24, 2.45) is 0 Å². The molecular weight excluding hydrogens is 220 g/mol. The summed E-state index contributed by atoms with van der Waals surface area (Å²) in [7, 11) is 1.52. The largest absolute Gasteiger partial charge is 0.481 e. The van der Waals surface area contributed by atoms with E-state index in [4.69, 9.17) is 4.74 Å². The SMILES string of the molecule is CCC(C)NC(C(=O)O)c1ccc(OC)nc1. The van der Waals surface area contributed by atoms with E-state index < -0.39 is 12.0 Å². The van der Waals surface area contributed by atoms with E-state index >= 15 is 0 Å². The highest BCUT2D eigenvalue weighted by Gasteiger charge is 2.21. The molecule has 2 unspecified atom stereocenters. The molecule has 1 rings (SSSR count). The molecule has 1 heterocycles. The molecule has 1 aromatic rings. The van der Waals surface area contributed by atoms with Gasteiger partial charge in [-0.2, -0.15) is 0 Å². The van der Waals surface area contributed by atoms with E-state index in [2.05, 4.69) is 10.3 Å². The minimum Gasteiger partial charge on any atom is -0.481 e. The second kappa shape index (κ2) is 6.20. The first-order chi connectivity index (χ1) is 8.08. The number of pyridine rings is 1. The first-order valence-electron chi connectivity index (χ1n) is 5.57. The number of nitrogens with zero attached hydrogens (tertiary/aromatic N) is 1. The zero-order valence-corrected chi connectivity index (χ0v) is 10.3. The maximum atomic E-state index is 11.2. The van der Waals surface area contributed by atoms with E-state index in [1.54, 1.807) is 12.1 Å². The van der Waals surface area contributed by atoms with Gasteiger partial charge in [-0.15, -0.1) is 0 Å². The lowest BCUT2D eigenvalue weighted by Crippen LogP contribution is -2.35. The van der Waals surface area contributed by atoms with Crippen LogP contribution in [-0.4, -0.2) is 29.2 Å². The summed E-state index contributed by atoms with van der Waals surface area (Å²) in [5, 5.41) is 12.2. The van der Waals surface area contributed by atoms with Gasteiger partial charge in [0, 0.05) is 18.3 Å². The van der Waals surface area contributed by atoms with Crippen LogP contribution in [0.3, 0.4) is 0 Å². The van der Waals surface area contributed by atoms with Crippen molar-refractivity contribution >= 4 is 5.97 Å². The number of aliphatic carboxylic acids is 1. The fraction of sp³-hybridized carbons (Fsp3) is 0.500.